The van der Waals surface area contributed by atoms with Gasteiger partial charge < -0.3 is 15.5 Å². The Hall–Kier alpha value is -0.0800. The summed E-state index contributed by atoms with van der Waals surface area (Å²) in [6.07, 6.45) is 6.91. The lowest BCUT2D eigenvalue weighted by atomic mass is 10.2. The van der Waals surface area contributed by atoms with E-state index in [1.54, 1.807) is 0 Å². The quantitative estimate of drug-likeness (QED) is 0.338. The Morgan fingerprint density at radius 3 is 2.46 bits per heavy atom. The first-order chi connectivity index (χ1) is 11.3. The lowest BCUT2D eigenvalue weighted by molar-refractivity contribution is 0.242. The van der Waals surface area contributed by atoms with E-state index in [1.807, 2.05) is 0 Å². The summed E-state index contributed by atoms with van der Waals surface area (Å²) in [6, 6.07) is 1.41. The summed E-state index contributed by atoms with van der Waals surface area (Å²) < 4.78 is 0. The SMILES string of the molecule is CCNC(=NCCN(CC)CC)NC1CCN(C2CCCC2)C1.I. The van der Waals surface area contributed by atoms with Crippen LogP contribution in [0.25, 0.3) is 0 Å². The minimum atomic E-state index is 0. The molecule has 0 aromatic heterocycles. The van der Waals surface area contributed by atoms with Crippen molar-refractivity contribution in [2.75, 3.05) is 45.8 Å². The third kappa shape index (κ3) is 7.04. The van der Waals surface area contributed by atoms with Gasteiger partial charge in [-0.25, -0.2) is 0 Å². The van der Waals surface area contributed by atoms with Crippen LogP contribution in [0, 0.1) is 0 Å². The maximum absolute atomic E-state index is 4.77. The second kappa shape index (κ2) is 12.3. The first kappa shape index (κ1) is 22.0. The number of rotatable bonds is 8. The van der Waals surface area contributed by atoms with Crippen LogP contribution >= 0.6 is 24.0 Å². The average Bonchev–Trinajstić information content (AvgIpc) is 3.22. The third-order valence-corrected chi connectivity index (χ3v) is 5.33. The fourth-order valence-corrected chi connectivity index (χ4v) is 3.86. The number of nitrogens with zero attached hydrogens (tertiary/aromatic N) is 3. The van der Waals surface area contributed by atoms with E-state index in [0.29, 0.717) is 6.04 Å². The van der Waals surface area contributed by atoms with Crippen LogP contribution in [0.15, 0.2) is 4.99 Å². The largest absolute Gasteiger partial charge is 0.357 e. The molecule has 0 bridgehead atoms. The van der Waals surface area contributed by atoms with E-state index in [2.05, 4.69) is 41.2 Å². The number of halogens is 1. The van der Waals surface area contributed by atoms with E-state index in [4.69, 9.17) is 4.99 Å². The average molecular weight is 451 g/mol. The molecule has 0 aromatic carbocycles. The maximum Gasteiger partial charge on any atom is 0.191 e. The van der Waals surface area contributed by atoms with Gasteiger partial charge in [0.1, 0.15) is 0 Å². The molecular formula is C18H38IN5. The van der Waals surface area contributed by atoms with Gasteiger partial charge in [0.15, 0.2) is 5.96 Å². The molecule has 1 saturated carbocycles. The summed E-state index contributed by atoms with van der Waals surface area (Å²) >= 11 is 0. The highest BCUT2D eigenvalue weighted by Crippen LogP contribution is 2.26. The zero-order valence-corrected chi connectivity index (χ0v) is 18.2. The van der Waals surface area contributed by atoms with E-state index >= 15 is 0 Å². The van der Waals surface area contributed by atoms with Crippen LogP contribution in [0.5, 0.6) is 0 Å². The zero-order valence-electron chi connectivity index (χ0n) is 15.9. The molecule has 5 nitrogen and oxygen atoms in total. The minimum absolute atomic E-state index is 0. The molecule has 0 radical (unpaired) electrons. The predicted octanol–water partition coefficient (Wildman–Crippen LogP) is 2.52. The van der Waals surface area contributed by atoms with Crippen molar-refractivity contribution in [1.29, 1.82) is 0 Å². The summed E-state index contributed by atoms with van der Waals surface area (Å²) in [6.45, 7) is 14.1. The molecule has 2 rings (SSSR count). The van der Waals surface area contributed by atoms with E-state index in [1.165, 1.54) is 45.2 Å². The molecule has 1 saturated heterocycles. The van der Waals surface area contributed by atoms with Crippen LogP contribution in [-0.4, -0.2) is 73.7 Å². The molecule has 1 unspecified atom stereocenters. The highest BCUT2D eigenvalue weighted by atomic mass is 127. The Kier molecular flexibility index (Phi) is 11.3. The highest BCUT2D eigenvalue weighted by molar-refractivity contribution is 14.0. The molecule has 2 aliphatic rings. The molecule has 0 aromatic rings. The van der Waals surface area contributed by atoms with Gasteiger partial charge in [-0.1, -0.05) is 26.7 Å². The molecular weight excluding hydrogens is 413 g/mol. The zero-order chi connectivity index (χ0) is 16.5. The number of hydrogen-bond donors (Lipinski definition) is 2. The van der Waals surface area contributed by atoms with Crippen molar-refractivity contribution in [2.45, 2.75) is 65.0 Å². The molecule has 2 fully saturated rings. The van der Waals surface area contributed by atoms with Gasteiger partial charge in [-0.2, -0.15) is 0 Å². The Morgan fingerprint density at radius 2 is 1.83 bits per heavy atom. The second-order valence-corrected chi connectivity index (χ2v) is 6.85. The standard InChI is InChI=1S/C18H37N5.HI/c1-4-19-18(20-12-14-22(5-2)6-3)21-16-11-13-23(15-16)17-9-7-8-10-17;/h16-17H,4-15H2,1-3H3,(H2,19,20,21);1H. The number of aliphatic imine (C=N–C) groups is 1. The molecule has 2 N–H and O–H groups in total. The van der Waals surface area contributed by atoms with Gasteiger partial charge >= 0.3 is 0 Å². The van der Waals surface area contributed by atoms with Crippen LogP contribution in [-0.2, 0) is 0 Å². The van der Waals surface area contributed by atoms with Crippen LogP contribution in [0.1, 0.15) is 52.9 Å². The van der Waals surface area contributed by atoms with Crippen LogP contribution in [0.4, 0.5) is 0 Å². The van der Waals surface area contributed by atoms with E-state index in [9.17, 15) is 0 Å². The molecule has 1 aliphatic heterocycles. The first-order valence-corrected chi connectivity index (χ1v) is 9.78. The van der Waals surface area contributed by atoms with Gasteiger partial charge in [0.25, 0.3) is 0 Å². The van der Waals surface area contributed by atoms with Crippen molar-refractivity contribution in [3.8, 4) is 0 Å². The molecule has 1 atom stereocenters. The van der Waals surface area contributed by atoms with Crippen molar-refractivity contribution < 1.29 is 0 Å². The summed E-state index contributed by atoms with van der Waals surface area (Å²) in [7, 11) is 0. The number of likely N-dealkylation sites (N-methyl/N-ethyl adjacent to an activating group) is 1. The number of hydrogen-bond acceptors (Lipinski definition) is 3. The van der Waals surface area contributed by atoms with Gasteiger partial charge in [-0.3, -0.25) is 9.89 Å². The Bertz CT molecular complexity index is 353. The molecule has 6 heteroatoms. The van der Waals surface area contributed by atoms with Gasteiger partial charge in [-0.05, 0) is 39.3 Å². The van der Waals surface area contributed by atoms with Crippen molar-refractivity contribution >= 4 is 29.9 Å². The summed E-state index contributed by atoms with van der Waals surface area (Å²) in [5.74, 6) is 0.998. The lowest BCUT2D eigenvalue weighted by Gasteiger charge is -2.24. The summed E-state index contributed by atoms with van der Waals surface area (Å²) in [5.41, 5.74) is 0. The number of guanidine groups is 1. The summed E-state index contributed by atoms with van der Waals surface area (Å²) in [4.78, 5) is 9.89. The molecule has 1 aliphatic carbocycles. The van der Waals surface area contributed by atoms with Gasteiger partial charge in [0, 0.05) is 38.3 Å². The van der Waals surface area contributed by atoms with Gasteiger partial charge in [0.05, 0.1) is 6.54 Å². The smallest absolute Gasteiger partial charge is 0.191 e. The van der Waals surface area contributed by atoms with E-state index < -0.39 is 0 Å². The van der Waals surface area contributed by atoms with E-state index in [0.717, 1.165) is 44.7 Å². The van der Waals surface area contributed by atoms with Crippen LogP contribution in [0.2, 0.25) is 0 Å². The van der Waals surface area contributed by atoms with Gasteiger partial charge in [0.2, 0.25) is 0 Å². The normalized spacial score (nSPS) is 22.8. The Labute approximate surface area is 166 Å². The first-order valence-electron chi connectivity index (χ1n) is 9.78. The Balaban J connectivity index is 0.00000288. The molecule has 142 valence electrons. The molecule has 1 heterocycles. The monoisotopic (exact) mass is 451 g/mol. The Morgan fingerprint density at radius 1 is 1.12 bits per heavy atom. The molecule has 24 heavy (non-hydrogen) atoms. The molecule has 0 spiro atoms. The highest BCUT2D eigenvalue weighted by Gasteiger charge is 2.30. The third-order valence-electron chi connectivity index (χ3n) is 5.33. The number of nitrogens with one attached hydrogen (secondary N) is 2. The lowest BCUT2D eigenvalue weighted by Crippen LogP contribution is -2.45. The second-order valence-electron chi connectivity index (χ2n) is 6.85. The van der Waals surface area contributed by atoms with Crippen molar-refractivity contribution in [3.05, 3.63) is 0 Å². The van der Waals surface area contributed by atoms with Crippen molar-refractivity contribution in [2.24, 2.45) is 4.99 Å². The number of likely N-dealkylation sites (tertiary alicyclic amines) is 1. The van der Waals surface area contributed by atoms with E-state index in [-0.39, 0.29) is 24.0 Å². The summed E-state index contributed by atoms with van der Waals surface area (Å²) in [5, 5.41) is 7.06. The van der Waals surface area contributed by atoms with Gasteiger partial charge in [-0.15, -0.1) is 24.0 Å². The predicted molar refractivity (Wildman–Crippen MR) is 115 cm³/mol. The van der Waals surface area contributed by atoms with Crippen molar-refractivity contribution in [3.63, 3.8) is 0 Å². The van der Waals surface area contributed by atoms with Crippen molar-refractivity contribution in [1.82, 2.24) is 20.4 Å². The topological polar surface area (TPSA) is 42.9 Å². The molecule has 0 amide bonds. The minimum Gasteiger partial charge on any atom is -0.357 e. The fraction of sp³-hybridized carbons (Fsp3) is 0.944. The maximum atomic E-state index is 4.77. The van der Waals surface area contributed by atoms with Crippen LogP contribution < -0.4 is 10.6 Å². The van der Waals surface area contributed by atoms with Crippen LogP contribution in [0.3, 0.4) is 0 Å². The fourth-order valence-electron chi connectivity index (χ4n) is 3.86.